The van der Waals surface area contributed by atoms with E-state index in [1.807, 2.05) is 0 Å². The Kier molecular flexibility index (Phi) is 10.8. The van der Waals surface area contributed by atoms with Crippen molar-refractivity contribution in [3.8, 4) is 5.75 Å². The SMILES string of the molecule is CN=C(NCCOc1cc(C)cc(C)c1)NCCN1CCOCC1.I. The van der Waals surface area contributed by atoms with Gasteiger partial charge < -0.3 is 20.1 Å². The molecule has 1 aromatic carbocycles. The highest BCUT2D eigenvalue weighted by Gasteiger charge is 2.09. The van der Waals surface area contributed by atoms with Crippen LogP contribution in [0, 0.1) is 13.8 Å². The Balaban J connectivity index is 0.00000312. The summed E-state index contributed by atoms with van der Waals surface area (Å²) in [5.74, 6) is 1.73. The molecule has 0 radical (unpaired) electrons. The normalized spacial score (nSPS) is 15.4. The van der Waals surface area contributed by atoms with E-state index < -0.39 is 0 Å². The molecule has 0 atom stereocenters. The average molecular weight is 462 g/mol. The molecule has 142 valence electrons. The van der Waals surface area contributed by atoms with E-state index in [0.29, 0.717) is 13.2 Å². The van der Waals surface area contributed by atoms with Crippen molar-refractivity contribution in [2.75, 3.05) is 59.6 Å². The second-order valence-electron chi connectivity index (χ2n) is 6.05. The predicted octanol–water partition coefficient (Wildman–Crippen LogP) is 1.80. The number of hydrogen-bond acceptors (Lipinski definition) is 4. The molecule has 1 saturated heterocycles. The molecule has 0 saturated carbocycles. The van der Waals surface area contributed by atoms with Gasteiger partial charge in [-0.1, -0.05) is 6.07 Å². The molecule has 1 fully saturated rings. The number of ether oxygens (including phenoxy) is 2. The minimum absolute atomic E-state index is 0. The molecular formula is C18H31IN4O2. The first-order chi connectivity index (χ1) is 11.7. The Hall–Kier alpha value is -1.06. The number of rotatable bonds is 7. The van der Waals surface area contributed by atoms with E-state index in [1.165, 1.54) is 11.1 Å². The maximum Gasteiger partial charge on any atom is 0.191 e. The average Bonchev–Trinajstić information content (AvgIpc) is 2.57. The molecule has 0 aromatic heterocycles. The van der Waals surface area contributed by atoms with Crippen LogP contribution >= 0.6 is 24.0 Å². The molecule has 6 nitrogen and oxygen atoms in total. The first kappa shape index (κ1) is 22.0. The Morgan fingerprint density at radius 1 is 1.12 bits per heavy atom. The number of guanidine groups is 1. The van der Waals surface area contributed by atoms with Crippen LogP contribution in [0.4, 0.5) is 0 Å². The molecule has 0 amide bonds. The molecule has 2 rings (SSSR count). The molecule has 1 heterocycles. The fourth-order valence-corrected chi connectivity index (χ4v) is 2.73. The van der Waals surface area contributed by atoms with Gasteiger partial charge in [-0.15, -0.1) is 24.0 Å². The first-order valence-electron chi connectivity index (χ1n) is 8.63. The lowest BCUT2D eigenvalue weighted by atomic mass is 10.1. The Morgan fingerprint density at radius 3 is 2.40 bits per heavy atom. The van der Waals surface area contributed by atoms with Gasteiger partial charge in [-0.2, -0.15) is 0 Å². The molecule has 2 N–H and O–H groups in total. The molecule has 0 spiro atoms. The van der Waals surface area contributed by atoms with Crippen molar-refractivity contribution < 1.29 is 9.47 Å². The molecule has 7 heteroatoms. The molecule has 25 heavy (non-hydrogen) atoms. The van der Waals surface area contributed by atoms with Crippen molar-refractivity contribution in [1.82, 2.24) is 15.5 Å². The van der Waals surface area contributed by atoms with E-state index in [9.17, 15) is 0 Å². The lowest BCUT2D eigenvalue weighted by molar-refractivity contribution is 0.0389. The van der Waals surface area contributed by atoms with Gasteiger partial charge in [-0.25, -0.2) is 0 Å². The summed E-state index contributed by atoms with van der Waals surface area (Å²) >= 11 is 0. The summed E-state index contributed by atoms with van der Waals surface area (Å²) in [6.45, 7) is 11.1. The van der Waals surface area contributed by atoms with Gasteiger partial charge in [0.25, 0.3) is 0 Å². The highest BCUT2D eigenvalue weighted by Crippen LogP contribution is 2.15. The van der Waals surface area contributed by atoms with Crippen LogP contribution in [0.5, 0.6) is 5.75 Å². The van der Waals surface area contributed by atoms with E-state index in [0.717, 1.165) is 51.1 Å². The number of nitrogens with one attached hydrogen (secondary N) is 2. The second-order valence-corrected chi connectivity index (χ2v) is 6.05. The number of halogens is 1. The van der Waals surface area contributed by atoms with Crippen LogP contribution in [-0.2, 0) is 4.74 Å². The van der Waals surface area contributed by atoms with Crippen LogP contribution in [0.1, 0.15) is 11.1 Å². The summed E-state index contributed by atoms with van der Waals surface area (Å²) in [4.78, 5) is 6.63. The Bertz CT molecular complexity index is 514. The summed E-state index contributed by atoms with van der Waals surface area (Å²) in [5, 5.41) is 6.61. The predicted molar refractivity (Wildman–Crippen MR) is 113 cm³/mol. The van der Waals surface area contributed by atoms with E-state index in [4.69, 9.17) is 9.47 Å². The fraction of sp³-hybridized carbons (Fsp3) is 0.611. The van der Waals surface area contributed by atoms with Gasteiger partial charge in [-0.05, 0) is 37.1 Å². The second kappa shape index (κ2) is 12.3. The van der Waals surface area contributed by atoms with Gasteiger partial charge in [0.2, 0.25) is 0 Å². The van der Waals surface area contributed by atoms with Crippen LogP contribution < -0.4 is 15.4 Å². The van der Waals surface area contributed by atoms with Crippen molar-refractivity contribution in [1.29, 1.82) is 0 Å². The van der Waals surface area contributed by atoms with E-state index >= 15 is 0 Å². The number of aryl methyl sites for hydroxylation is 2. The van der Waals surface area contributed by atoms with Gasteiger partial charge in [0.1, 0.15) is 12.4 Å². The summed E-state index contributed by atoms with van der Waals surface area (Å²) in [5.41, 5.74) is 2.44. The van der Waals surface area contributed by atoms with E-state index in [-0.39, 0.29) is 24.0 Å². The van der Waals surface area contributed by atoms with Crippen molar-refractivity contribution in [3.05, 3.63) is 29.3 Å². The largest absolute Gasteiger partial charge is 0.492 e. The van der Waals surface area contributed by atoms with Crippen LogP contribution in [0.2, 0.25) is 0 Å². The summed E-state index contributed by atoms with van der Waals surface area (Å²) in [7, 11) is 1.79. The van der Waals surface area contributed by atoms with Crippen LogP contribution in [-0.4, -0.2) is 70.5 Å². The third kappa shape index (κ3) is 8.73. The quantitative estimate of drug-likeness (QED) is 0.280. The zero-order valence-electron chi connectivity index (χ0n) is 15.5. The highest BCUT2D eigenvalue weighted by molar-refractivity contribution is 14.0. The van der Waals surface area contributed by atoms with Crippen molar-refractivity contribution in [2.24, 2.45) is 4.99 Å². The zero-order chi connectivity index (χ0) is 17.2. The third-order valence-electron chi connectivity index (χ3n) is 3.91. The minimum atomic E-state index is 0. The van der Waals surface area contributed by atoms with Crippen molar-refractivity contribution in [3.63, 3.8) is 0 Å². The van der Waals surface area contributed by atoms with Crippen LogP contribution in [0.25, 0.3) is 0 Å². The maximum absolute atomic E-state index is 5.79. The van der Waals surface area contributed by atoms with Crippen molar-refractivity contribution in [2.45, 2.75) is 13.8 Å². The lowest BCUT2D eigenvalue weighted by Crippen LogP contribution is -2.45. The topological polar surface area (TPSA) is 58.1 Å². The zero-order valence-corrected chi connectivity index (χ0v) is 17.8. The summed E-state index contributed by atoms with van der Waals surface area (Å²) in [6.07, 6.45) is 0. The van der Waals surface area contributed by atoms with E-state index in [2.05, 4.69) is 52.6 Å². The standard InChI is InChI=1S/C18H30N4O2.HI/c1-15-12-16(2)14-17(13-15)24-9-5-21-18(19-3)20-4-6-22-7-10-23-11-8-22;/h12-14H,4-11H2,1-3H3,(H2,19,20,21);1H. The monoisotopic (exact) mass is 462 g/mol. The van der Waals surface area contributed by atoms with Gasteiger partial charge in [0.05, 0.1) is 19.8 Å². The first-order valence-corrected chi connectivity index (χ1v) is 8.63. The molecule has 1 aliphatic rings. The Morgan fingerprint density at radius 2 is 1.76 bits per heavy atom. The molecule has 0 bridgehead atoms. The minimum Gasteiger partial charge on any atom is -0.492 e. The molecule has 1 aliphatic heterocycles. The van der Waals surface area contributed by atoms with Gasteiger partial charge in [0, 0.05) is 33.2 Å². The number of aliphatic imine (C=N–C) groups is 1. The number of morpholine rings is 1. The molecular weight excluding hydrogens is 431 g/mol. The summed E-state index contributed by atoms with van der Waals surface area (Å²) < 4.78 is 11.1. The maximum atomic E-state index is 5.79. The fourth-order valence-electron chi connectivity index (χ4n) is 2.73. The molecule has 1 aromatic rings. The number of hydrogen-bond donors (Lipinski definition) is 2. The lowest BCUT2D eigenvalue weighted by Gasteiger charge is -2.26. The smallest absolute Gasteiger partial charge is 0.191 e. The highest BCUT2D eigenvalue weighted by atomic mass is 127. The summed E-state index contributed by atoms with van der Waals surface area (Å²) in [6, 6.07) is 6.26. The number of nitrogens with zero attached hydrogens (tertiary/aromatic N) is 2. The van der Waals surface area contributed by atoms with Crippen LogP contribution in [0.3, 0.4) is 0 Å². The molecule has 0 aliphatic carbocycles. The van der Waals surface area contributed by atoms with Gasteiger partial charge >= 0.3 is 0 Å². The third-order valence-corrected chi connectivity index (χ3v) is 3.91. The number of benzene rings is 1. The van der Waals surface area contributed by atoms with Crippen LogP contribution in [0.15, 0.2) is 23.2 Å². The van der Waals surface area contributed by atoms with E-state index in [1.54, 1.807) is 7.05 Å². The molecule has 0 unspecified atom stereocenters. The van der Waals surface area contributed by atoms with Gasteiger partial charge in [0.15, 0.2) is 5.96 Å². The van der Waals surface area contributed by atoms with Crippen molar-refractivity contribution >= 4 is 29.9 Å². The van der Waals surface area contributed by atoms with Gasteiger partial charge in [-0.3, -0.25) is 9.89 Å². The Labute approximate surface area is 168 Å².